The Morgan fingerprint density at radius 1 is 0.163 bits per heavy atom. The summed E-state index contributed by atoms with van der Waals surface area (Å²) in [6, 6.07) is 131. The van der Waals surface area contributed by atoms with Crippen molar-refractivity contribution in [3.8, 4) is 102 Å². The summed E-state index contributed by atoms with van der Waals surface area (Å²) in [7, 11) is 0. The van der Waals surface area contributed by atoms with Crippen LogP contribution in [0.3, 0.4) is 0 Å². The summed E-state index contributed by atoms with van der Waals surface area (Å²) in [5, 5.41) is 11.9. The van der Waals surface area contributed by atoms with E-state index < -0.39 is 0 Å². The highest BCUT2D eigenvalue weighted by molar-refractivity contribution is 6.30. The quantitative estimate of drug-likeness (QED) is 0.129. The molecule has 6 heterocycles. The van der Waals surface area contributed by atoms with Crippen molar-refractivity contribution in [2.75, 3.05) is 0 Å². The maximum atomic E-state index is 5.32. The van der Waals surface area contributed by atoms with E-state index >= 15 is 0 Å². The third-order valence-corrected chi connectivity index (χ3v) is 21.0. The maximum absolute atomic E-state index is 5.32. The zero-order valence-corrected chi connectivity index (χ0v) is 56.2. The normalized spacial score (nSPS) is 11.8. The number of nitrogens with zero attached hydrogens (tertiary/aromatic N) is 8. The van der Waals surface area contributed by atoms with E-state index in [9.17, 15) is 0 Å². The van der Waals surface area contributed by atoms with Gasteiger partial charge in [0.05, 0.1) is 55.5 Å². The lowest BCUT2D eigenvalue weighted by Crippen LogP contribution is -2.00. The minimum atomic E-state index is 0.599. The molecule has 0 atom stereocenters. The molecule has 0 amide bonds. The van der Waals surface area contributed by atoms with Crippen LogP contribution in [0, 0.1) is 0 Å². The minimum Gasteiger partial charge on any atom is -0.309 e. The highest BCUT2D eigenvalue weighted by Crippen LogP contribution is 2.46. The first-order valence-electron chi connectivity index (χ1n) is 35.3. The van der Waals surface area contributed by atoms with Gasteiger partial charge in [-0.2, -0.15) is 0 Å². The number of aromatic nitrogens is 8. The number of rotatable bonds is 11. The Kier molecular flexibility index (Phi) is 13.5. The Balaban J connectivity index is 0.652. The number of pyridine rings is 1. The molecule has 21 rings (SSSR count). The largest absolute Gasteiger partial charge is 0.309 e. The molecule has 15 aromatic carbocycles. The molecule has 0 bridgehead atoms. The summed E-state index contributed by atoms with van der Waals surface area (Å²) in [6.45, 7) is 0. The fraction of sp³-hybridized carbons (Fsp3) is 0. The molecule has 0 saturated heterocycles. The van der Waals surface area contributed by atoms with Gasteiger partial charge in [0, 0.05) is 93.7 Å². The molecule has 104 heavy (non-hydrogen) atoms. The SMILES string of the molecule is c1ccc(-c2cc(-c3ccccc3)nc(-c3ccc(-n4c5ccccc5c5c6c7ccc(-c8ccc9ccc(-c%10nc(-c%11ccccc%11)nc(-c%11ccc(-n%12c%13ccccc%13c%13c%14c%15ccccc%15n(-c%15ccccc%15)c%14ccc%13%12)cc%11)n%10)cc9c8)cc7n(-c7ccccc7)c6ccc54)cc3)c2)cc1. The highest BCUT2D eigenvalue weighted by atomic mass is 15.0. The molecule has 6 aromatic heterocycles. The van der Waals surface area contributed by atoms with E-state index in [2.05, 4.69) is 364 Å². The van der Waals surface area contributed by atoms with Crippen LogP contribution in [0.25, 0.3) is 200 Å². The van der Waals surface area contributed by atoms with Crippen molar-refractivity contribution in [1.82, 2.24) is 38.2 Å². The highest BCUT2D eigenvalue weighted by Gasteiger charge is 2.25. The van der Waals surface area contributed by atoms with Crippen LogP contribution >= 0.6 is 0 Å². The van der Waals surface area contributed by atoms with Crippen molar-refractivity contribution >= 4 is 98.0 Å². The van der Waals surface area contributed by atoms with Gasteiger partial charge in [0.15, 0.2) is 17.5 Å². The van der Waals surface area contributed by atoms with Crippen molar-refractivity contribution in [2.45, 2.75) is 0 Å². The van der Waals surface area contributed by atoms with Crippen LogP contribution in [-0.4, -0.2) is 38.2 Å². The van der Waals surface area contributed by atoms with Gasteiger partial charge in [-0.1, -0.05) is 231 Å². The monoisotopic (exact) mass is 1320 g/mol. The molecule has 8 nitrogen and oxygen atoms in total. The van der Waals surface area contributed by atoms with Crippen molar-refractivity contribution < 1.29 is 0 Å². The van der Waals surface area contributed by atoms with E-state index in [1.807, 2.05) is 18.2 Å². The minimum absolute atomic E-state index is 0.599. The second kappa shape index (κ2) is 23.8. The number of para-hydroxylation sites is 5. The van der Waals surface area contributed by atoms with Gasteiger partial charge in [-0.3, -0.25) is 0 Å². The molecule has 0 unspecified atom stereocenters. The van der Waals surface area contributed by atoms with E-state index in [-0.39, 0.29) is 0 Å². The van der Waals surface area contributed by atoms with Crippen molar-refractivity contribution in [3.05, 3.63) is 364 Å². The molecule has 0 aliphatic carbocycles. The standard InChI is InChI=1S/C96H60N8/c1-6-22-61(23-7-1)71-58-80(63-24-8-2-9-25-63)97-81(59-71)64-42-47-74(48-43-64)102-84-37-21-18-34-78(84)92-87(102)54-55-88-93(92)79-51-46-68(60-89(79)104(88)73-30-14-5-15-31-73)67-40-38-62-39-41-69(57-70(62)56-67)96-99-94(65-26-10-3-11-27-65)98-95(100-96)66-44-49-75(50-45-66)103-83-36-20-17-33-77(83)91-86(103)53-52-85-90(91)76-32-16-19-35-82(76)101(85)72-28-12-4-13-29-72/h1-60H. The Bertz CT molecular complexity index is 6920. The van der Waals surface area contributed by atoms with Crippen LogP contribution in [-0.2, 0) is 0 Å². The van der Waals surface area contributed by atoms with E-state index in [1.54, 1.807) is 0 Å². The molecule has 8 heteroatoms. The van der Waals surface area contributed by atoms with Crippen LogP contribution in [0.5, 0.6) is 0 Å². The molecule has 0 spiro atoms. The molecular weight excluding hydrogens is 1270 g/mol. The predicted octanol–water partition coefficient (Wildman–Crippen LogP) is 24.5. The summed E-state index contributed by atoms with van der Waals surface area (Å²) in [5.74, 6) is 1.81. The molecule has 0 saturated carbocycles. The zero-order valence-electron chi connectivity index (χ0n) is 56.2. The lowest BCUT2D eigenvalue weighted by atomic mass is 9.98. The van der Waals surface area contributed by atoms with E-state index in [4.69, 9.17) is 19.9 Å². The Morgan fingerprint density at radius 2 is 0.481 bits per heavy atom. The molecule has 0 fully saturated rings. The molecule has 0 radical (unpaired) electrons. The van der Waals surface area contributed by atoms with Crippen LogP contribution < -0.4 is 0 Å². The average molecular weight is 1330 g/mol. The van der Waals surface area contributed by atoms with Gasteiger partial charge < -0.3 is 18.3 Å². The average Bonchev–Trinajstić information content (AvgIpc) is 1.55. The lowest BCUT2D eigenvalue weighted by Gasteiger charge is -2.12. The summed E-state index contributed by atoms with van der Waals surface area (Å²) in [4.78, 5) is 21.0. The molecule has 21 aromatic rings. The molecular formula is C96H60N8. The van der Waals surface area contributed by atoms with Crippen LogP contribution in [0.4, 0.5) is 0 Å². The lowest BCUT2D eigenvalue weighted by molar-refractivity contribution is 1.07. The second-order valence-corrected chi connectivity index (χ2v) is 26.9. The fourth-order valence-corrected chi connectivity index (χ4v) is 16.2. The van der Waals surface area contributed by atoms with Gasteiger partial charge in [-0.25, -0.2) is 19.9 Å². The fourth-order valence-electron chi connectivity index (χ4n) is 16.2. The molecule has 0 N–H and O–H groups in total. The maximum Gasteiger partial charge on any atom is 0.164 e. The third kappa shape index (κ3) is 9.54. The van der Waals surface area contributed by atoms with Crippen molar-refractivity contribution in [3.63, 3.8) is 0 Å². The summed E-state index contributed by atoms with van der Waals surface area (Å²) in [5.41, 5.74) is 24.8. The topological polar surface area (TPSA) is 71.3 Å². The predicted molar refractivity (Wildman–Crippen MR) is 431 cm³/mol. The summed E-state index contributed by atoms with van der Waals surface area (Å²) >= 11 is 0. The Labute approximate surface area is 598 Å². The van der Waals surface area contributed by atoms with Gasteiger partial charge in [0.25, 0.3) is 0 Å². The Morgan fingerprint density at radius 3 is 0.962 bits per heavy atom. The van der Waals surface area contributed by atoms with E-state index in [1.165, 1.54) is 54.1 Å². The van der Waals surface area contributed by atoms with Gasteiger partial charge in [-0.05, 0) is 166 Å². The van der Waals surface area contributed by atoms with Gasteiger partial charge in [0.1, 0.15) is 0 Å². The van der Waals surface area contributed by atoms with Gasteiger partial charge >= 0.3 is 0 Å². The van der Waals surface area contributed by atoms with Crippen LogP contribution in [0.2, 0.25) is 0 Å². The Hall–Kier alpha value is -14.1. The number of benzene rings is 15. The van der Waals surface area contributed by atoms with E-state index in [0.29, 0.717) is 17.5 Å². The van der Waals surface area contributed by atoms with Gasteiger partial charge in [-0.15, -0.1) is 0 Å². The first kappa shape index (κ1) is 58.8. The van der Waals surface area contributed by atoms with Crippen molar-refractivity contribution in [1.29, 1.82) is 0 Å². The second-order valence-electron chi connectivity index (χ2n) is 26.9. The first-order valence-corrected chi connectivity index (χ1v) is 35.3. The molecule has 484 valence electrons. The number of hydrogen-bond donors (Lipinski definition) is 0. The van der Waals surface area contributed by atoms with E-state index in [0.717, 1.165) is 128 Å². The molecule has 0 aliphatic heterocycles. The van der Waals surface area contributed by atoms with Gasteiger partial charge in [0.2, 0.25) is 0 Å². The summed E-state index contributed by atoms with van der Waals surface area (Å²) in [6.07, 6.45) is 0. The van der Waals surface area contributed by atoms with Crippen LogP contribution in [0.1, 0.15) is 0 Å². The van der Waals surface area contributed by atoms with Crippen LogP contribution in [0.15, 0.2) is 364 Å². The number of hydrogen-bond acceptors (Lipinski definition) is 4. The smallest absolute Gasteiger partial charge is 0.164 e. The zero-order chi connectivity index (χ0) is 68.3. The molecule has 0 aliphatic rings. The van der Waals surface area contributed by atoms with Crippen molar-refractivity contribution in [2.24, 2.45) is 0 Å². The first-order chi connectivity index (χ1) is 51.6. The third-order valence-electron chi connectivity index (χ3n) is 21.0. The number of fused-ring (bicyclic) bond motifs is 15. The summed E-state index contributed by atoms with van der Waals surface area (Å²) < 4.78 is 9.66.